The molecule has 2 aromatic heterocycles. The van der Waals surface area contributed by atoms with Gasteiger partial charge in [0.25, 0.3) is 0 Å². The summed E-state index contributed by atoms with van der Waals surface area (Å²) in [5.74, 6) is 2.18. The van der Waals surface area contributed by atoms with Gasteiger partial charge in [-0.1, -0.05) is 11.6 Å². The van der Waals surface area contributed by atoms with E-state index in [0.717, 1.165) is 47.0 Å². The third-order valence-corrected chi connectivity index (χ3v) is 5.29. The molecule has 2 aliphatic rings. The molecule has 2 aromatic rings. The largest absolute Gasteiger partial charge is 0.339 e. The summed E-state index contributed by atoms with van der Waals surface area (Å²) in [5.41, 5.74) is 0.877. The molecule has 0 bridgehead atoms. The fourth-order valence-corrected chi connectivity index (χ4v) is 3.35. The maximum atomic E-state index is 11.9. The van der Waals surface area contributed by atoms with Crippen LogP contribution in [0.15, 0.2) is 10.6 Å². The molecule has 2 heterocycles. The molecule has 21 heavy (non-hydrogen) atoms. The number of carbonyl (C=O) groups is 1. The van der Waals surface area contributed by atoms with E-state index in [4.69, 9.17) is 4.52 Å². The molecule has 2 aliphatic carbocycles. The molecule has 0 atom stereocenters. The van der Waals surface area contributed by atoms with Gasteiger partial charge in [-0.05, 0) is 38.7 Å². The van der Waals surface area contributed by atoms with Gasteiger partial charge in [-0.15, -0.1) is 11.3 Å². The second-order valence-electron chi connectivity index (χ2n) is 5.93. The van der Waals surface area contributed by atoms with Crippen LogP contribution in [0.2, 0.25) is 0 Å². The van der Waals surface area contributed by atoms with Gasteiger partial charge in [-0.25, -0.2) is 0 Å². The minimum absolute atomic E-state index is 0.130. The number of nitrogens with zero attached hydrogens (tertiary/aromatic N) is 2. The van der Waals surface area contributed by atoms with Gasteiger partial charge in [0.1, 0.15) is 0 Å². The van der Waals surface area contributed by atoms with Crippen molar-refractivity contribution >= 4 is 22.9 Å². The van der Waals surface area contributed by atoms with Gasteiger partial charge in [0.05, 0.1) is 10.6 Å². The predicted octanol–water partition coefficient (Wildman–Crippen LogP) is 3.72. The first-order valence-electron chi connectivity index (χ1n) is 7.46. The summed E-state index contributed by atoms with van der Waals surface area (Å²) in [5, 5.41) is 7.08. The molecule has 2 fully saturated rings. The van der Waals surface area contributed by atoms with Crippen LogP contribution < -0.4 is 5.32 Å². The van der Waals surface area contributed by atoms with Crippen molar-refractivity contribution in [2.45, 2.75) is 44.9 Å². The summed E-state index contributed by atoms with van der Waals surface area (Å²) in [4.78, 5) is 18.4. The summed E-state index contributed by atoms with van der Waals surface area (Å²) in [6.45, 7) is 2.00. The number of rotatable bonds is 4. The number of aryl methyl sites for hydroxylation is 1. The predicted molar refractivity (Wildman–Crippen MR) is 80.3 cm³/mol. The number of anilines is 1. The molecule has 2 saturated carbocycles. The molecule has 6 heteroatoms. The summed E-state index contributed by atoms with van der Waals surface area (Å²) >= 11 is 1.59. The number of aromatic nitrogens is 2. The Kier molecular flexibility index (Phi) is 3.06. The summed E-state index contributed by atoms with van der Waals surface area (Å²) in [6, 6.07) is 1.95. The van der Waals surface area contributed by atoms with Crippen molar-refractivity contribution in [2.24, 2.45) is 5.92 Å². The Labute approximate surface area is 126 Å². The van der Waals surface area contributed by atoms with Crippen LogP contribution >= 0.6 is 11.3 Å². The first-order chi connectivity index (χ1) is 10.2. The minimum Gasteiger partial charge on any atom is -0.339 e. The highest BCUT2D eigenvalue weighted by Gasteiger charge is 2.30. The number of hydrogen-bond donors (Lipinski definition) is 1. The molecule has 4 rings (SSSR count). The van der Waals surface area contributed by atoms with E-state index in [1.165, 1.54) is 6.42 Å². The van der Waals surface area contributed by atoms with E-state index in [2.05, 4.69) is 15.5 Å². The average molecular weight is 303 g/mol. The molecule has 0 unspecified atom stereocenters. The van der Waals surface area contributed by atoms with E-state index < -0.39 is 0 Å². The maximum Gasteiger partial charge on any atom is 0.230 e. The number of amides is 1. The van der Waals surface area contributed by atoms with Crippen molar-refractivity contribution in [2.75, 3.05) is 5.32 Å². The van der Waals surface area contributed by atoms with Crippen molar-refractivity contribution in [1.29, 1.82) is 0 Å². The van der Waals surface area contributed by atoms with Crippen LogP contribution in [0.4, 0.5) is 5.69 Å². The minimum atomic E-state index is 0.130. The SMILES string of the molecule is Cc1sc(-c2noc(C3CCC3)n2)cc1NC(=O)C1CC1. The Bertz CT molecular complexity index is 683. The zero-order valence-electron chi connectivity index (χ0n) is 11.9. The summed E-state index contributed by atoms with van der Waals surface area (Å²) in [7, 11) is 0. The molecule has 1 N–H and O–H groups in total. The van der Waals surface area contributed by atoms with Gasteiger partial charge in [0.2, 0.25) is 17.6 Å². The number of thiophene rings is 1. The highest BCUT2D eigenvalue weighted by atomic mass is 32.1. The van der Waals surface area contributed by atoms with Crippen LogP contribution in [0.5, 0.6) is 0 Å². The lowest BCUT2D eigenvalue weighted by Gasteiger charge is -2.20. The summed E-state index contributed by atoms with van der Waals surface area (Å²) in [6.07, 6.45) is 5.56. The first-order valence-corrected chi connectivity index (χ1v) is 8.27. The van der Waals surface area contributed by atoms with E-state index in [1.807, 2.05) is 13.0 Å². The topological polar surface area (TPSA) is 68.0 Å². The van der Waals surface area contributed by atoms with Gasteiger partial charge in [0.15, 0.2) is 0 Å². The number of carbonyl (C=O) groups excluding carboxylic acids is 1. The molecule has 0 aliphatic heterocycles. The van der Waals surface area contributed by atoms with Crippen molar-refractivity contribution in [3.63, 3.8) is 0 Å². The Morgan fingerprint density at radius 3 is 2.86 bits per heavy atom. The quantitative estimate of drug-likeness (QED) is 0.934. The van der Waals surface area contributed by atoms with Gasteiger partial charge in [0, 0.05) is 16.7 Å². The number of hydrogen-bond acceptors (Lipinski definition) is 5. The van der Waals surface area contributed by atoms with Crippen molar-refractivity contribution in [1.82, 2.24) is 10.1 Å². The lowest BCUT2D eigenvalue weighted by atomic mass is 9.85. The molecular formula is C15H17N3O2S. The Morgan fingerprint density at radius 2 is 2.19 bits per heavy atom. The molecular weight excluding hydrogens is 286 g/mol. The standard InChI is InChI=1S/C15H17N3O2S/c1-8-11(16-14(19)9-5-6-9)7-12(21-8)13-17-15(20-18-13)10-3-2-4-10/h7,9-10H,2-6H2,1H3,(H,16,19). The molecule has 0 aromatic carbocycles. The normalized spacial score (nSPS) is 18.5. The number of nitrogens with one attached hydrogen (secondary N) is 1. The van der Waals surface area contributed by atoms with Gasteiger partial charge >= 0.3 is 0 Å². The summed E-state index contributed by atoms with van der Waals surface area (Å²) < 4.78 is 5.36. The fourth-order valence-electron chi connectivity index (χ4n) is 2.45. The Hall–Kier alpha value is -1.69. The molecule has 0 radical (unpaired) electrons. The Morgan fingerprint density at radius 1 is 1.38 bits per heavy atom. The van der Waals surface area contributed by atoms with Crippen LogP contribution in [-0.2, 0) is 4.79 Å². The van der Waals surface area contributed by atoms with Crippen molar-refractivity contribution in [3.05, 3.63) is 16.8 Å². The van der Waals surface area contributed by atoms with Crippen LogP contribution in [0.3, 0.4) is 0 Å². The second-order valence-corrected chi connectivity index (χ2v) is 7.18. The van der Waals surface area contributed by atoms with Gasteiger partial charge < -0.3 is 9.84 Å². The molecule has 110 valence electrons. The van der Waals surface area contributed by atoms with Crippen molar-refractivity contribution < 1.29 is 9.32 Å². The van der Waals surface area contributed by atoms with Crippen LogP contribution in [0.25, 0.3) is 10.7 Å². The van der Waals surface area contributed by atoms with E-state index in [-0.39, 0.29) is 11.8 Å². The zero-order valence-corrected chi connectivity index (χ0v) is 12.7. The fraction of sp³-hybridized carbons (Fsp3) is 0.533. The first kappa shape index (κ1) is 13.0. The Balaban J connectivity index is 1.54. The second kappa shape index (κ2) is 4.94. The smallest absolute Gasteiger partial charge is 0.230 e. The zero-order chi connectivity index (χ0) is 14.4. The lowest BCUT2D eigenvalue weighted by molar-refractivity contribution is -0.117. The van der Waals surface area contributed by atoms with E-state index in [0.29, 0.717) is 11.7 Å². The molecule has 1 amide bonds. The van der Waals surface area contributed by atoms with Crippen LogP contribution in [0, 0.1) is 12.8 Å². The third kappa shape index (κ3) is 2.48. The highest BCUT2D eigenvalue weighted by molar-refractivity contribution is 7.16. The van der Waals surface area contributed by atoms with Crippen LogP contribution in [0.1, 0.15) is 48.8 Å². The highest BCUT2D eigenvalue weighted by Crippen LogP contribution is 2.38. The molecule has 5 nitrogen and oxygen atoms in total. The van der Waals surface area contributed by atoms with Crippen LogP contribution in [-0.4, -0.2) is 16.0 Å². The molecule has 0 saturated heterocycles. The van der Waals surface area contributed by atoms with Crippen molar-refractivity contribution in [3.8, 4) is 10.7 Å². The van der Waals surface area contributed by atoms with E-state index >= 15 is 0 Å². The van der Waals surface area contributed by atoms with E-state index in [1.54, 1.807) is 11.3 Å². The third-order valence-electron chi connectivity index (χ3n) is 4.24. The molecule has 0 spiro atoms. The average Bonchev–Trinajstić information content (AvgIpc) is 3.05. The van der Waals surface area contributed by atoms with Gasteiger partial charge in [-0.3, -0.25) is 4.79 Å². The lowest BCUT2D eigenvalue weighted by Crippen LogP contribution is -2.13. The van der Waals surface area contributed by atoms with E-state index in [9.17, 15) is 4.79 Å². The monoisotopic (exact) mass is 303 g/mol. The maximum absolute atomic E-state index is 11.9. The van der Waals surface area contributed by atoms with Gasteiger partial charge in [-0.2, -0.15) is 4.98 Å².